The summed E-state index contributed by atoms with van der Waals surface area (Å²) >= 11 is 0. The van der Waals surface area contributed by atoms with Crippen LogP contribution in [-0.2, 0) is 9.13 Å². The zero-order valence-electron chi connectivity index (χ0n) is 58.3. The van der Waals surface area contributed by atoms with Crippen LogP contribution in [0.1, 0.15) is 0 Å². The van der Waals surface area contributed by atoms with Gasteiger partial charge in [-0.25, -0.2) is 19.9 Å². The fourth-order valence-electron chi connectivity index (χ4n) is 16.1. The molecule has 4 aromatic heterocycles. The Morgan fingerprint density at radius 2 is 0.454 bits per heavy atom. The van der Waals surface area contributed by atoms with Crippen molar-refractivity contribution in [3.05, 3.63) is 388 Å². The number of para-hydroxylation sites is 2. The Morgan fingerprint density at radius 3 is 0.796 bits per heavy atom. The van der Waals surface area contributed by atoms with Crippen LogP contribution < -0.4 is 31.8 Å². The second-order valence-electron chi connectivity index (χ2n) is 27.5. The first kappa shape index (κ1) is 64.1. The molecule has 2 atom stereocenters. The summed E-state index contributed by atoms with van der Waals surface area (Å²) in [7, 11) is -6.25. The molecule has 2 aliphatic rings. The molecular weight excluding hydrogens is 1360 g/mol. The highest BCUT2D eigenvalue weighted by Crippen LogP contribution is 2.55. The molecule has 10 heteroatoms. The summed E-state index contributed by atoms with van der Waals surface area (Å²) < 4.78 is 35.3. The van der Waals surface area contributed by atoms with Gasteiger partial charge in [0.25, 0.3) is 0 Å². The first-order valence-electron chi connectivity index (χ1n) is 36.3. The summed E-state index contributed by atoms with van der Waals surface area (Å²) in [4.78, 5) is 21.2. The lowest BCUT2D eigenvalue weighted by molar-refractivity contribution is 0.592. The Kier molecular flexibility index (Phi) is 15.6. The molecule has 6 heterocycles. The number of fused-ring (bicyclic) bond motifs is 12. The SMILES string of the molecule is O=P1(c2ccccc2)c2ccccc2-c2cc3c(cc21)c1ccccc1n3-c1nc(-c2ccc(-c3ccccc3)cc2)cc(-c2ccc(-c3ccccc3)cc2)n1.O=P1(c2ccccc2)c2ccccc2-c2cc3c(cc21)c1ccccc1n3-c1nc(-c2ccccc2)cc(-c2ccc(-c3ccccc3)cc2)n1. The van der Waals surface area contributed by atoms with Gasteiger partial charge in [-0.2, -0.15) is 0 Å². The molecule has 0 aliphatic carbocycles. The van der Waals surface area contributed by atoms with E-state index in [0.717, 1.165) is 159 Å². The lowest BCUT2D eigenvalue weighted by Gasteiger charge is -2.16. The maximum Gasteiger partial charge on any atom is 0.235 e. The van der Waals surface area contributed by atoms with Gasteiger partial charge in [-0.1, -0.05) is 340 Å². The molecule has 15 aromatic carbocycles. The van der Waals surface area contributed by atoms with E-state index in [-0.39, 0.29) is 0 Å². The van der Waals surface area contributed by atoms with Gasteiger partial charge in [-0.05, 0) is 104 Å². The Hall–Kier alpha value is -13.5. The third-order valence-electron chi connectivity index (χ3n) is 21.3. The molecule has 0 fully saturated rings. The molecule has 0 saturated heterocycles. The number of aromatic nitrogens is 6. The van der Waals surface area contributed by atoms with Crippen LogP contribution in [0.2, 0.25) is 0 Å². The molecule has 508 valence electrons. The molecule has 0 bridgehead atoms. The second kappa shape index (κ2) is 26.3. The maximum absolute atomic E-state index is 15.5. The van der Waals surface area contributed by atoms with E-state index in [2.05, 4.69) is 264 Å². The smallest absolute Gasteiger partial charge is 0.235 e. The molecule has 0 amide bonds. The van der Waals surface area contributed by atoms with Crippen LogP contribution >= 0.6 is 14.3 Å². The van der Waals surface area contributed by atoms with E-state index in [1.54, 1.807) is 0 Å². The third-order valence-corrected chi connectivity index (χ3v) is 27.6. The normalized spacial score (nSPS) is 14.6. The van der Waals surface area contributed by atoms with Crippen molar-refractivity contribution in [3.63, 3.8) is 0 Å². The van der Waals surface area contributed by atoms with Crippen LogP contribution in [0, 0.1) is 0 Å². The van der Waals surface area contributed by atoms with Gasteiger partial charge < -0.3 is 9.13 Å². The Labute approximate surface area is 624 Å². The molecule has 0 radical (unpaired) electrons. The Balaban J connectivity index is 0.000000143. The van der Waals surface area contributed by atoms with Gasteiger partial charge in [-0.15, -0.1) is 0 Å². The van der Waals surface area contributed by atoms with E-state index in [0.29, 0.717) is 11.9 Å². The average Bonchev–Trinajstić information content (AvgIpc) is 1.55. The summed E-state index contributed by atoms with van der Waals surface area (Å²) in [5.41, 5.74) is 22.2. The molecule has 21 rings (SSSR count). The topological polar surface area (TPSA) is 95.6 Å². The van der Waals surface area contributed by atoms with E-state index in [1.807, 2.05) is 133 Å². The number of benzene rings is 15. The lowest BCUT2D eigenvalue weighted by Crippen LogP contribution is -2.20. The predicted molar refractivity (Wildman–Crippen MR) is 448 cm³/mol. The van der Waals surface area contributed by atoms with Gasteiger partial charge in [0.15, 0.2) is 14.3 Å². The molecule has 0 N–H and O–H groups in total. The molecule has 2 unspecified atom stereocenters. The van der Waals surface area contributed by atoms with Crippen LogP contribution in [0.5, 0.6) is 0 Å². The highest BCUT2D eigenvalue weighted by molar-refractivity contribution is 7.87. The van der Waals surface area contributed by atoms with E-state index >= 15 is 9.13 Å². The van der Waals surface area contributed by atoms with Crippen molar-refractivity contribution in [1.82, 2.24) is 29.1 Å². The molecular formula is C98H64N6O2P2. The van der Waals surface area contributed by atoms with Crippen LogP contribution in [0.4, 0.5) is 0 Å². The molecule has 108 heavy (non-hydrogen) atoms. The Bertz CT molecular complexity index is 6710. The van der Waals surface area contributed by atoms with Gasteiger partial charge in [0.1, 0.15) is 0 Å². The van der Waals surface area contributed by atoms with Crippen molar-refractivity contribution >= 4 is 89.7 Å². The first-order valence-corrected chi connectivity index (χ1v) is 39.7. The summed E-state index contributed by atoms with van der Waals surface area (Å²) in [6.45, 7) is 0. The van der Waals surface area contributed by atoms with Crippen molar-refractivity contribution in [2.75, 3.05) is 0 Å². The Morgan fingerprint density at radius 1 is 0.194 bits per heavy atom. The van der Waals surface area contributed by atoms with E-state index in [9.17, 15) is 0 Å². The fraction of sp³-hybridized carbons (Fsp3) is 0. The standard InChI is InChI=1S/C52H34N3OP.C46H30N3OP/c56-57(41-18-8-3-9-19-41)50-23-13-11-21-43(50)45-32-49-44(33-51(45)57)42-20-10-12-22-48(42)55(49)52-53-46(39-28-24-37(25-29-39)35-14-4-1-5-15-35)34-47(54-52)40-30-26-38(27-31-40)36-16-6-2-7-17-36;50-51(35-18-8-3-9-19-35)44-23-13-11-21-37(44)39-28-43-38(29-45(39)51)36-20-10-12-22-42(36)49(43)46-47-40(33-16-6-2-7-17-33)30-41(48-46)34-26-24-32(25-27-34)31-14-4-1-5-15-31/h1-34H;1-30H. The van der Waals surface area contributed by atoms with E-state index < -0.39 is 14.3 Å². The van der Waals surface area contributed by atoms with Crippen LogP contribution in [-0.4, -0.2) is 29.1 Å². The van der Waals surface area contributed by atoms with Gasteiger partial charge in [-0.3, -0.25) is 9.13 Å². The largest absolute Gasteiger partial charge is 0.309 e. The molecule has 0 spiro atoms. The van der Waals surface area contributed by atoms with Crippen molar-refractivity contribution in [3.8, 4) is 113 Å². The monoisotopic (exact) mass is 1420 g/mol. The molecule has 2 aliphatic heterocycles. The molecule has 0 saturated carbocycles. The van der Waals surface area contributed by atoms with Crippen molar-refractivity contribution in [2.24, 2.45) is 0 Å². The predicted octanol–water partition coefficient (Wildman–Crippen LogP) is 22.1. The second-order valence-corrected chi connectivity index (χ2v) is 32.9. The molecule has 8 nitrogen and oxygen atoms in total. The van der Waals surface area contributed by atoms with E-state index in [4.69, 9.17) is 19.9 Å². The van der Waals surface area contributed by atoms with Crippen LogP contribution in [0.3, 0.4) is 0 Å². The zero-order chi connectivity index (χ0) is 71.9. The van der Waals surface area contributed by atoms with Crippen molar-refractivity contribution in [1.29, 1.82) is 0 Å². The number of rotatable bonds is 11. The highest BCUT2D eigenvalue weighted by atomic mass is 31.2. The minimum absolute atomic E-state index is 0.574. The summed E-state index contributed by atoms with van der Waals surface area (Å²) in [6.07, 6.45) is 0. The third kappa shape index (κ3) is 10.7. The van der Waals surface area contributed by atoms with Gasteiger partial charge in [0, 0.05) is 75.6 Å². The number of nitrogens with zero attached hydrogens (tertiary/aromatic N) is 6. The quantitative estimate of drug-likeness (QED) is 0.120. The molecule has 19 aromatic rings. The minimum atomic E-state index is -3.14. The van der Waals surface area contributed by atoms with Crippen LogP contribution in [0.25, 0.3) is 156 Å². The van der Waals surface area contributed by atoms with Gasteiger partial charge >= 0.3 is 0 Å². The number of hydrogen-bond donors (Lipinski definition) is 0. The summed E-state index contributed by atoms with van der Waals surface area (Å²) in [5.74, 6) is 1.16. The fourth-order valence-corrected chi connectivity index (χ4v) is 22.2. The first-order chi connectivity index (χ1) is 53.3. The summed E-state index contributed by atoms with van der Waals surface area (Å²) in [6, 6.07) is 133. The van der Waals surface area contributed by atoms with E-state index in [1.165, 1.54) is 16.7 Å². The lowest BCUT2D eigenvalue weighted by atomic mass is 10.0. The van der Waals surface area contributed by atoms with Crippen molar-refractivity contribution < 1.29 is 9.13 Å². The highest BCUT2D eigenvalue weighted by Gasteiger charge is 2.43. The van der Waals surface area contributed by atoms with Crippen molar-refractivity contribution in [2.45, 2.75) is 0 Å². The minimum Gasteiger partial charge on any atom is -0.309 e. The average molecular weight is 1420 g/mol. The van der Waals surface area contributed by atoms with Crippen LogP contribution in [0.15, 0.2) is 388 Å². The van der Waals surface area contributed by atoms with Gasteiger partial charge in [0.2, 0.25) is 11.9 Å². The number of hydrogen-bond acceptors (Lipinski definition) is 6. The zero-order valence-corrected chi connectivity index (χ0v) is 60.1. The maximum atomic E-state index is 15.5. The van der Waals surface area contributed by atoms with Gasteiger partial charge in [0.05, 0.1) is 44.8 Å². The summed E-state index contributed by atoms with van der Waals surface area (Å²) in [5, 5.41) is 9.37.